The largest absolute Gasteiger partial charge is 0.330 e. The van der Waals surface area contributed by atoms with Crippen LogP contribution in [0.5, 0.6) is 0 Å². The first-order valence-electron chi connectivity index (χ1n) is 7.09. The van der Waals surface area contributed by atoms with Gasteiger partial charge in [0.15, 0.2) is 0 Å². The van der Waals surface area contributed by atoms with Crippen LogP contribution in [0.1, 0.15) is 40.0 Å². The Bertz CT molecular complexity index is 260. The Hall–Kier alpha value is -0.120. The minimum absolute atomic E-state index is 0.241. The summed E-state index contributed by atoms with van der Waals surface area (Å²) in [5, 5.41) is 0. The maximum absolute atomic E-state index is 5.83. The zero-order chi connectivity index (χ0) is 12.6. The fourth-order valence-corrected chi connectivity index (χ4v) is 3.13. The smallest absolute Gasteiger partial charge is 0.0235 e. The highest BCUT2D eigenvalue weighted by atomic mass is 15.3. The van der Waals surface area contributed by atoms with Crippen LogP contribution < -0.4 is 5.73 Å². The quantitative estimate of drug-likeness (QED) is 0.790. The van der Waals surface area contributed by atoms with Crippen molar-refractivity contribution in [3.05, 3.63) is 0 Å². The summed E-state index contributed by atoms with van der Waals surface area (Å²) in [5.74, 6) is 0. The van der Waals surface area contributed by atoms with Crippen LogP contribution in [-0.2, 0) is 0 Å². The zero-order valence-corrected chi connectivity index (χ0v) is 11.9. The Balaban J connectivity index is 1.86. The average molecular weight is 239 g/mol. The molecule has 0 aromatic rings. The lowest BCUT2D eigenvalue weighted by Gasteiger charge is -2.33. The van der Waals surface area contributed by atoms with E-state index in [4.69, 9.17) is 5.73 Å². The summed E-state index contributed by atoms with van der Waals surface area (Å²) < 4.78 is 0. The molecule has 2 aliphatic rings. The van der Waals surface area contributed by atoms with E-state index in [0.29, 0.717) is 0 Å². The van der Waals surface area contributed by atoms with Gasteiger partial charge in [0, 0.05) is 31.2 Å². The number of hydrogen-bond acceptors (Lipinski definition) is 3. The Kier molecular flexibility index (Phi) is 3.81. The summed E-state index contributed by atoms with van der Waals surface area (Å²) >= 11 is 0. The fourth-order valence-electron chi connectivity index (χ4n) is 3.13. The van der Waals surface area contributed by atoms with Crippen molar-refractivity contribution in [3.63, 3.8) is 0 Å². The molecule has 2 atom stereocenters. The van der Waals surface area contributed by atoms with Gasteiger partial charge in [-0.3, -0.25) is 4.90 Å². The van der Waals surface area contributed by atoms with Crippen LogP contribution in [-0.4, -0.2) is 54.6 Å². The molecule has 0 spiro atoms. The number of hydrogen-bond donors (Lipinski definition) is 1. The molecule has 0 aromatic heterocycles. The summed E-state index contributed by atoms with van der Waals surface area (Å²) in [6, 6.07) is 2.42. The maximum Gasteiger partial charge on any atom is 0.0235 e. The van der Waals surface area contributed by atoms with Gasteiger partial charge < -0.3 is 10.6 Å². The molecule has 3 nitrogen and oxygen atoms in total. The maximum atomic E-state index is 5.83. The van der Waals surface area contributed by atoms with Crippen molar-refractivity contribution in [2.75, 3.05) is 26.7 Å². The van der Waals surface area contributed by atoms with Crippen LogP contribution in [0.3, 0.4) is 0 Å². The van der Waals surface area contributed by atoms with E-state index in [-0.39, 0.29) is 5.41 Å². The molecule has 0 amide bonds. The number of likely N-dealkylation sites (N-methyl/N-ethyl adjacent to an activating group) is 1. The third-order valence-corrected chi connectivity index (χ3v) is 4.47. The molecule has 1 saturated carbocycles. The van der Waals surface area contributed by atoms with Gasteiger partial charge in [0.25, 0.3) is 0 Å². The van der Waals surface area contributed by atoms with Gasteiger partial charge in [-0.05, 0) is 45.2 Å². The molecular weight excluding hydrogens is 210 g/mol. The lowest BCUT2D eigenvalue weighted by molar-refractivity contribution is 0.162. The van der Waals surface area contributed by atoms with E-state index < -0.39 is 0 Å². The van der Waals surface area contributed by atoms with Crippen LogP contribution in [0.25, 0.3) is 0 Å². The second-order valence-corrected chi connectivity index (χ2v) is 6.95. The molecule has 1 aliphatic carbocycles. The number of likely N-dealkylation sites (tertiary alicyclic amines) is 1. The lowest BCUT2D eigenvalue weighted by atomic mass is 9.92. The van der Waals surface area contributed by atoms with E-state index in [2.05, 4.69) is 37.6 Å². The van der Waals surface area contributed by atoms with E-state index in [1.807, 2.05) is 0 Å². The van der Waals surface area contributed by atoms with Crippen LogP contribution in [0.4, 0.5) is 0 Å². The minimum Gasteiger partial charge on any atom is -0.330 e. The summed E-state index contributed by atoms with van der Waals surface area (Å²) in [4.78, 5) is 5.25. The Morgan fingerprint density at radius 2 is 2.00 bits per heavy atom. The highest BCUT2D eigenvalue weighted by Crippen LogP contribution is 2.34. The summed E-state index contributed by atoms with van der Waals surface area (Å²) in [6.07, 6.45) is 4.18. The van der Waals surface area contributed by atoms with Gasteiger partial charge in [-0.25, -0.2) is 0 Å². The van der Waals surface area contributed by atoms with E-state index in [0.717, 1.165) is 31.2 Å². The lowest BCUT2D eigenvalue weighted by Crippen LogP contribution is -2.43. The van der Waals surface area contributed by atoms with Crippen LogP contribution in [0, 0.1) is 5.41 Å². The molecule has 1 aliphatic heterocycles. The zero-order valence-electron chi connectivity index (χ0n) is 11.9. The molecular formula is C14H29N3. The Morgan fingerprint density at radius 3 is 2.53 bits per heavy atom. The van der Waals surface area contributed by atoms with Gasteiger partial charge >= 0.3 is 0 Å². The topological polar surface area (TPSA) is 32.5 Å². The third-order valence-electron chi connectivity index (χ3n) is 4.47. The standard InChI is InChI=1S/C14H29N3/c1-11-7-13(8-17(11)12-5-6-12)16(4)10-14(2,3)9-15/h11-13H,5-10,15H2,1-4H3. The summed E-state index contributed by atoms with van der Waals surface area (Å²) in [7, 11) is 2.27. The van der Waals surface area contributed by atoms with E-state index in [1.54, 1.807) is 0 Å². The first-order chi connectivity index (χ1) is 7.93. The molecule has 0 bridgehead atoms. The molecule has 0 aromatic carbocycles. The average Bonchev–Trinajstić information content (AvgIpc) is 3.01. The molecule has 2 N–H and O–H groups in total. The molecule has 2 fully saturated rings. The molecule has 2 unspecified atom stereocenters. The highest BCUT2D eigenvalue weighted by Gasteiger charge is 2.40. The molecule has 1 saturated heterocycles. The van der Waals surface area contributed by atoms with Crippen LogP contribution in [0.2, 0.25) is 0 Å². The third kappa shape index (κ3) is 3.21. The predicted molar refractivity (Wildman–Crippen MR) is 73.1 cm³/mol. The monoisotopic (exact) mass is 239 g/mol. The van der Waals surface area contributed by atoms with Gasteiger partial charge in [0.2, 0.25) is 0 Å². The van der Waals surface area contributed by atoms with Crippen molar-refractivity contribution in [2.24, 2.45) is 11.1 Å². The fraction of sp³-hybridized carbons (Fsp3) is 1.00. The van der Waals surface area contributed by atoms with Crippen molar-refractivity contribution in [3.8, 4) is 0 Å². The first-order valence-corrected chi connectivity index (χ1v) is 7.09. The van der Waals surface area contributed by atoms with Gasteiger partial charge in [-0.2, -0.15) is 0 Å². The van der Waals surface area contributed by atoms with Crippen LogP contribution in [0.15, 0.2) is 0 Å². The van der Waals surface area contributed by atoms with Crippen LogP contribution >= 0.6 is 0 Å². The second kappa shape index (κ2) is 4.87. The Labute approximate surface area is 106 Å². The molecule has 3 heteroatoms. The summed E-state index contributed by atoms with van der Waals surface area (Å²) in [5.41, 5.74) is 6.07. The van der Waals surface area contributed by atoms with Crippen molar-refractivity contribution in [1.82, 2.24) is 9.80 Å². The first kappa shape index (κ1) is 13.3. The minimum atomic E-state index is 0.241. The van der Waals surface area contributed by atoms with Crippen molar-refractivity contribution >= 4 is 0 Å². The molecule has 0 radical (unpaired) electrons. The van der Waals surface area contributed by atoms with E-state index in [1.165, 1.54) is 25.8 Å². The normalized spacial score (nSPS) is 31.4. The van der Waals surface area contributed by atoms with Crippen molar-refractivity contribution in [2.45, 2.75) is 58.2 Å². The molecule has 1 heterocycles. The Morgan fingerprint density at radius 1 is 1.35 bits per heavy atom. The highest BCUT2D eigenvalue weighted by molar-refractivity contribution is 4.96. The molecule has 100 valence electrons. The van der Waals surface area contributed by atoms with Gasteiger partial charge in [0.05, 0.1) is 0 Å². The SMILES string of the molecule is CC1CC(N(C)CC(C)(C)CN)CN1C1CC1. The van der Waals surface area contributed by atoms with Gasteiger partial charge in [-0.15, -0.1) is 0 Å². The van der Waals surface area contributed by atoms with Crippen molar-refractivity contribution in [1.29, 1.82) is 0 Å². The van der Waals surface area contributed by atoms with Crippen molar-refractivity contribution < 1.29 is 0 Å². The number of rotatable bonds is 5. The predicted octanol–water partition coefficient (Wildman–Crippen LogP) is 1.53. The van der Waals surface area contributed by atoms with E-state index in [9.17, 15) is 0 Å². The number of nitrogens with two attached hydrogens (primary N) is 1. The molecule has 17 heavy (non-hydrogen) atoms. The van der Waals surface area contributed by atoms with Gasteiger partial charge in [0.1, 0.15) is 0 Å². The molecule has 2 rings (SSSR count). The summed E-state index contributed by atoms with van der Waals surface area (Å²) in [6.45, 7) is 10.1. The number of nitrogens with zero attached hydrogens (tertiary/aromatic N) is 2. The van der Waals surface area contributed by atoms with Gasteiger partial charge in [-0.1, -0.05) is 13.8 Å². The van der Waals surface area contributed by atoms with E-state index >= 15 is 0 Å². The second-order valence-electron chi connectivity index (χ2n) is 6.95.